The number of hydrogen-bond donors (Lipinski definition) is 1. The van der Waals surface area contributed by atoms with Crippen molar-refractivity contribution in [3.8, 4) is 0 Å². The minimum absolute atomic E-state index is 0.00910. The molecule has 23 heavy (non-hydrogen) atoms. The number of carbonyl (C=O) groups excluding carboxylic acids is 2. The lowest BCUT2D eigenvalue weighted by Crippen LogP contribution is -2.57. The topological polar surface area (TPSA) is 67.2 Å². The predicted octanol–water partition coefficient (Wildman–Crippen LogP) is 1.96. The zero-order chi connectivity index (χ0) is 16.4. The number of nitrogens with zero attached hydrogens (tertiary/aromatic N) is 3. The van der Waals surface area contributed by atoms with Crippen LogP contribution in [-0.2, 0) is 11.3 Å². The molecule has 1 atom stereocenters. The van der Waals surface area contributed by atoms with Crippen LogP contribution in [0, 0.1) is 0 Å². The third kappa shape index (κ3) is 2.99. The molecular formula is C17H26N4O2. The van der Waals surface area contributed by atoms with Gasteiger partial charge in [0.05, 0.1) is 0 Å². The van der Waals surface area contributed by atoms with Gasteiger partial charge in [-0.05, 0) is 45.6 Å². The fourth-order valence-corrected chi connectivity index (χ4v) is 3.73. The van der Waals surface area contributed by atoms with Crippen molar-refractivity contribution in [2.24, 2.45) is 0 Å². The number of likely N-dealkylation sites (tertiary alicyclic amines) is 1. The molecule has 0 radical (unpaired) electrons. The average molecular weight is 318 g/mol. The van der Waals surface area contributed by atoms with Gasteiger partial charge in [-0.1, -0.05) is 12.8 Å². The van der Waals surface area contributed by atoms with Crippen LogP contribution in [0.25, 0.3) is 0 Å². The van der Waals surface area contributed by atoms with Crippen molar-refractivity contribution in [2.75, 3.05) is 6.54 Å². The molecule has 1 N–H and O–H groups in total. The molecule has 0 unspecified atom stereocenters. The molecule has 3 rings (SSSR count). The molecule has 0 aromatic carbocycles. The summed E-state index contributed by atoms with van der Waals surface area (Å²) < 4.78 is 1.74. The molecule has 6 nitrogen and oxygen atoms in total. The van der Waals surface area contributed by atoms with E-state index in [2.05, 4.69) is 10.4 Å². The first-order valence-electron chi connectivity index (χ1n) is 8.71. The molecule has 2 aliphatic rings. The summed E-state index contributed by atoms with van der Waals surface area (Å²) in [5.74, 6) is -0.149. The minimum Gasteiger partial charge on any atom is -0.351 e. The van der Waals surface area contributed by atoms with E-state index in [1.165, 1.54) is 12.8 Å². The van der Waals surface area contributed by atoms with E-state index in [4.69, 9.17) is 0 Å². The smallest absolute Gasteiger partial charge is 0.275 e. The summed E-state index contributed by atoms with van der Waals surface area (Å²) in [5, 5.41) is 7.45. The Kier molecular flexibility index (Phi) is 4.41. The molecule has 2 amide bonds. The zero-order valence-corrected chi connectivity index (χ0v) is 14.0. The molecular weight excluding hydrogens is 292 g/mol. The maximum Gasteiger partial charge on any atom is 0.275 e. The number of aromatic nitrogens is 2. The first-order chi connectivity index (χ1) is 11.0. The molecule has 2 fully saturated rings. The third-order valence-electron chi connectivity index (χ3n) is 5.25. The van der Waals surface area contributed by atoms with Crippen LogP contribution >= 0.6 is 0 Å². The molecule has 1 aromatic rings. The van der Waals surface area contributed by atoms with Gasteiger partial charge in [0, 0.05) is 25.3 Å². The summed E-state index contributed by atoms with van der Waals surface area (Å²) in [7, 11) is 0. The summed E-state index contributed by atoms with van der Waals surface area (Å²) in [5.41, 5.74) is -0.330. The van der Waals surface area contributed by atoms with E-state index in [1.54, 1.807) is 21.8 Å². The first kappa shape index (κ1) is 16.0. The van der Waals surface area contributed by atoms with Crippen LogP contribution in [0.1, 0.15) is 62.9 Å². The van der Waals surface area contributed by atoms with E-state index in [1.807, 2.05) is 13.8 Å². The Morgan fingerprint density at radius 3 is 2.74 bits per heavy atom. The Morgan fingerprint density at radius 1 is 1.35 bits per heavy atom. The number of carbonyl (C=O) groups is 2. The second kappa shape index (κ2) is 6.34. The molecule has 1 saturated heterocycles. The summed E-state index contributed by atoms with van der Waals surface area (Å²) >= 11 is 0. The Balaban J connectivity index is 1.74. The third-order valence-corrected chi connectivity index (χ3v) is 5.25. The highest BCUT2D eigenvalue weighted by Gasteiger charge is 2.46. The van der Waals surface area contributed by atoms with Gasteiger partial charge >= 0.3 is 0 Å². The van der Waals surface area contributed by atoms with E-state index in [-0.39, 0.29) is 17.9 Å². The van der Waals surface area contributed by atoms with Gasteiger partial charge in [-0.15, -0.1) is 0 Å². The fourth-order valence-electron chi connectivity index (χ4n) is 3.73. The van der Waals surface area contributed by atoms with Crippen molar-refractivity contribution in [2.45, 2.75) is 70.5 Å². The minimum atomic E-state index is -0.754. The van der Waals surface area contributed by atoms with Gasteiger partial charge in [-0.3, -0.25) is 14.3 Å². The monoisotopic (exact) mass is 318 g/mol. The van der Waals surface area contributed by atoms with E-state index in [0.29, 0.717) is 18.7 Å². The van der Waals surface area contributed by atoms with Crippen LogP contribution < -0.4 is 5.32 Å². The first-order valence-corrected chi connectivity index (χ1v) is 8.71. The molecule has 2 heterocycles. The zero-order valence-electron chi connectivity index (χ0n) is 14.0. The van der Waals surface area contributed by atoms with Crippen LogP contribution in [0.5, 0.6) is 0 Å². The lowest BCUT2D eigenvalue weighted by Gasteiger charge is -2.34. The molecule has 6 heteroatoms. The van der Waals surface area contributed by atoms with E-state index in [9.17, 15) is 9.59 Å². The van der Waals surface area contributed by atoms with Crippen molar-refractivity contribution in [1.29, 1.82) is 0 Å². The summed E-state index contributed by atoms with van der Waals surface area (Å²) in [6.07, 6.45) is 7.84. The van der Waals surface area contributed by atoms with Crippen molar-refractivity contribution in [3.63, 3.8) is 0 Å². The molecule has 1 aromatic heterocycles. The van der Waals surface area contributed by atoms with Crippen LogP contribution in [0.3, 0.4) is 0 Å². The van der Waals surface area contributed by atoms with Crippen LogP contribution in [0.2, 0.25) is 0 Å². The Bertz CT molecular complexity index is 591. The quantitative estimate of drug-likeness (QED) is 0.923. The van der Waals surface area contributed by atoms with Crippen LogP contribution in [-0.4, -0.2) is 44.6 Å². The second-order valence-corrected chi connectivity index (χ2v) is 6.85. The Labute approximate surface area is 137 Å². The van der Waals surface area contributed by atoms with Crippen LogP contribution in [0.4, 0.5) is 0 Å². The lowest BCUT2D eigenvalue weighted by molar-refractivity contribution is -0.130. The predicted molar refractivity (Wildman–Crippen MR) is 87.0 cm³/mol. The van der Waals surface area contributed by atoms with Gasteiger partial charge in [0.2, 0.25) is 5.91 Å². The fraction of sp³-hybridized carbons (Fsp3) is 0.706. The molecule has 1 saturated carbocycles. The maximum absolute atomic E-state index is 12.8. The van der Waals surface area contributed by atoms with Crippen LogP contribution in [0.15, 0.2) is 12.3 Å². The second-order valence-electron chi connectivity index (χ2n) is 6.85. The van der Waals surface area contributed by atoms with Gasteiger partial charge in [0.15, 0.2) is 0 Å². The van der Waals surface area contributed by atoms with Crippen molar-refractivity contribution < 1.29 is 9.59 Å². The Hall–Kier alpha value is -1.85. The molecule has 0 bridgehead atoms. The number of hydrogen-bond acceptors (Lipinski definition) is 3. The molecule has 126 valence electrons. The van der Waals surface area contributed by atoms with Gasteiger partial charge in [0.25, 0.3) is 5.91 Å². The highest BCUT2D eigenvalue weighted by atomic mass is 16.2. The Morgan fingerprint density at radius 2 is 2.09 bits per heavy atom. The highest BCUT2D eigenvalue weighted by molar-refractivity contribution is 5.98. The molecule has 1 aliphatic heterocycles. The van der Waals surface area contributed by atoms with Gasteiger partial charge in [-0.25, -0.2) is 0 Å². The number of aryl methyl sites for hydroxylation is 1. The highest BCUT2D eigenvalue weighted by Crippen LogP contribution is 2.31. The number of amides is 2. The van der Waals surface area contributed by atoms with Crippen molar-refractivity contribution in [1.82, 2.24) is 20.0 Å². The van der Waals surface area contributed by atoms with E-state index >= 15 is 0 Å². The lowest BCUT2D eigenvalue weighted by atomic mass is 9.96. The average Bonchev–Trinajstić information content (AvgIpc) is 3.27. The van der Waals surface area contributed by atoms with Gasteiger partial charge in [0.1, 0.15) is 11.2 Å². The largest absolute Gasteiger partial charge is 0.351 e. The van der Waals surface area contributed by atoms with E-state index < -0.39 is 5.54 Å². The summed E-state index contributed by atoms with van der Waals surface area (Å²) in [6.45, 7) is 5.22. The van der Waals surface area contributed by atoms with Gasteiger partial charge in [-0.2, -0.15) is 5.10 Å². The van der Waals surface area contributed by atoms with Crippen molar-refractivity contribution in [3.05, 3.63) is 18.0 Å². The normalized spacial score (nSPS) is 25.0. The van der Waals surface area contributed by atoms with E-state index in [0.717, 1.165) is 25.8 Å². The molecule has 0 spiro atoms. The standard InChI is InChI=1S/C17H26N4O2/c1-3-20-12-9-14(19-20)15(22)21-11-6-10-17(21,2)16(23)18-13-7-4-5-8-13/h9,12-13H,3-8,10-11H2,1-2H3,(H,18,23)/t17-/m0/s1. The van der Waals surface area contributed by atoms with Gasteiger partial charge < -0.3 is 10.2 Å². The summed E-state index contributed by atoms with van der Waals surface area (Å²) in [6, 6.07) is 2.01. The summed E-state index contributed by atoms with van der Waals surface area (Å²) in [4.78, 5) is 27.3. The molecule has 1 aliphatic carbocycles. The number of rotatable bonds is 4. The van der Waals surface area contributed by atoms with Crippen molar-refractivity contribution >= 4 is 11.8 Å². The maximum atomic E-state index is 12.8. The SMILES string of the molecule is CCn1ccc(C(=O)N2CCC[C@@]2(C)C(=O)NC2CCCC2)n1. The number of nitrogens with one attached hydrogen (secondary N) is 1.